The minimum Gasteiger partial charge on any atom is -0.479 e. The second kappa shape index (κ2) is 9.97. The van der Waals surface area contributed by atoms with Crippen molar-refractivity contribution < 1.29 is 29.3 Å². The number of nitrogens with zero attached hydrogens (tertiary/aromatic N) is 4. The number of anilines is 1. The number of hydrogen-bond acceptors (Lipinski definition) is 8. The van der Waals surface area contributed by atoms with E-state index in [0.717, 1.165) is 12.8 Å². The number of benzene rings is 1. The number of carboxylic acids is 2. The Hall–Kier alpha value is -3.72. The minimum absolute atomic E-state index is 0.0531. The monoisotopic (exact) mass is 525 g/mol. The van der Waals surface area contributed by atoms with Crippen LogP contribution in [0.25, 0.3) is 11.2 Å². The molecule has 5 rings (SSSR count). The standard InChI is InChI=1S/C25H24ClN5O6/c1-2-15-10-18(31-13-27-19-20(28-16-8-9-16)29-24(26)30-21(19)31)37-17(15)12-36-25(22(32)33,23(34)35)11-14-6-4-3-5-7-14/h1,3-7,13,15-18H,8-12H2,(H,32,33)(H,34,35)(H,28,29,30). The van der Waals surface area contributed by atoms with Crippen LogP contribution in [0.15, 0.2) is 36.7 Å². The van der Waals surface area contributed by atoms with Crippen LogP contribution >= 0.6 is 11.6 Å². The molecule has 12 heteroatoms. The van der Waals surface area contributed by atoms with Gasteiger partial charge in [0.05, 0.1) is 25.0 Å². The molecule has 0 bridgehead atoms. The summed E-state index contributed by atoms with van der Waals surface area (Å²) in [5.41, 5.74) is -1.01. The molecule has 2 aromatic heterocycles. The number of carboxylic acid groups (broad SMARTS) is 2. The lowest BCUT2D eigenvalue weighted by Crippen LogP contribution is -2.52. The van der Waals surface area contributed by atoms with E-state index in [9.17, 15) is 19.8 Å². The lowest BCUT2D eigenvalue weighted by atomic mass is 9.94. The van der Waals surface area contributed by atoms with Crippen LogP contribution in [-0.4, -0.2) is 66.0 Å². The van der Waals surface area contributed by atoms with Crippen LogP contribution in [-0.2, 0) is 25.5 Å². The Bertz CT molecular complexity index is 1360. The van der Waals surface area contributed by atoms with Crippen molar-refractivity contribution in [2.75, 3.05) is 11.9 Å². The molecule has 0 spiro atoms. The molecule has 3 aromatic rings. The summed E-state index contributed by atoms with van der Waals surface area (Å²) >= 11 is 6.17. The fraction of sp³-hybridized carbons (Fsp3) is 0.400. The molecule has 0 radical (unpaired) electrons. The van der Waals surface area contributed by atoms with Gasteiger partial charge < -0.3 is 25.0 Å². The van der Waals surface area contributed by atoms with Crippen LogP contribution in [0, 0.1) is 18.3 Å². The maximum Gasteiger partial charge on any atom is 0.348 e. The Morgan fingerprint density at radius 2 is 1.97 bits per heavy atom. The average molecular weight is 526 g/mol. The van der Waals surface area contributed by atoms with E-state index in [4.69, 9.17) is 27.5 Å². The number of aliphatic carboxylic acids is 2. The molecule has 3 unspecified atom stereocenters. The van der Waals surface area contributed by atoms with E-state index in [0.29, 0.717) is 35.0 Å². The van der Waals surface area contributed by atoms with Gasteiger partial charge in [0.2, 0.25) is 5.28 Å². The van der Waals surface area contributed by atoms with Crippen molar-refractivity contribution in [2.45, 2.75) is 49.7 Å². The van der Waals surface area contributed by atoms with Gasteiger partial charge >= 0.3 is 11.9 Å². The summed E-state index contributed by atoms with van der Waals surface area (Å²) < 4.78 is 13.4. The van der Waals surface area contributed by atoms with E-state index in [1.807, 2.05) is 0 Å². The van der Waals surface area contributed by atoms with Crippen LogP contribution in [0.4, 0.5) is 5.82 Å². The zero-order valence-electron chi connectivity index (χ0n) is 19.6. The van der Waals surface area contributed by atoms with Gasteiger partial charge in [-0.25, -0.2) is 14.6 Å². The first-order valence-corrected chi connectivity index (χ1v) is 12.1. The van der Waals surface area contributed by atoms with Crippen molar-refractivity contribution in [3.8, 4) is 12.3 Å². The molecular weight excluding hydrogens is 502 g/mol. The van der Waals surface area contributed by atoms with Crippen LogP contribution in [0.5, 0.6) is 0 Å². The molecule has 3 atom stereocenters. The van der Waals surface area contributed by atoms with Crippen LogP contribution in [0.2, 0.25) is 5.28 Å². The molecule has 2 fully saturated rings. The van der Waals surface area contributed by atoms with Gasteiger partial charge in [-0.1, -0.05) is 30.3 Å². The van der Waals surface area contributed by atoms with Gasteiger partial charge in [0, 0.05) is 18.9 Å². The van der Waals surface area contributed by atoms with Crippen LogP contribution < -0.4 is 5.32 Å². The normalized spacial score (nSPS) is 21.6. The smallest absolute Gasteiger partial charge is 0.348 e. The highest BCUT2D eigenvalue weighted by Crippen LogP contribution is 2.37. The number of halogens is 1. The lowest BCUT2D eigenvalue weighted by molar-refractivity contribution is -0.188. The first-order chi connectivity index (χ1) is 17.8. The molecule has 2 aliphatic rings. The van der Waals surface area contributed by atoms with Crippen molar-refractivity contribution in [1.82, 2.24) is 19.5 Å². The molecule has 1 aliphatic heterocycles. The van der Waals surface area contributed by atoms with Gasteiger partial charge in [-0.05, 0) is 30.0 Å². The highest BCUT2D eigenvalue weighted by Gasteiger charge is 2.50. The molecule has 3 heterocycles. The maximum atomic E-state index is 12.1. The molecule has 192 valence electrons. The lowest BCUT2D eigenvalue weighted by Gasteiger charge is -2.27. The second-order valence-corrected chi connectivity index (χ2v) is 9.47. The minimum atomic E-state index is -2.51. The number of terminal acetylenes is 1. The van der Waals surface area contributed by atoms with Gasteiger partial charge in [-0.2, -0.15) is 9.97 Å². The van der Waals surface area contributed by atoms with Gasteiger partial charge in [0.1, 0.15) is 6.23 Å². The molecule has 1 aromatic carbocycles. The Balaban J connectivity index is 1.37. The van der Waals surface area contributed by atoms with E-state index >= 15 is 0 Å². The van der Waals surface area contributed by atoms with E-state index in [-0.39, 0.29) is 18.3 Å². The van der Waals surface area contributed by atoms with Gasteiger partial charge in [-0.15, -0.1) is 12.3 Å². The summed E-state index contributed by atoms with van der Waals surface area (Å²) in [6, 6.07) is 8.74. The Morgan fingerprint density at radius 1 is 1.24 bits per heavy atom. The van der Waals surface area contributed by atoms with Gasteiger partial charge in [0.15, 0.2) is 17.0 Å². The van der Waals surface area contributed by atoms with Crippen LogP contribution in [0.1, 0.15) is 31.1 Å². The first-order valence-electron chi connectivity index (χ1n) is 11.7. The third-order valence-electron chi connectivity index (χ3n) is 6.55. The van der Waals surface area contributed by atoms with Gasteiger partial charge in [-0.3, -0.25) is 4.57 Å². The highest BCUT2D eigenvalue weighted by molar-refractivity contribution is 6.28. The van der Waals surface area contributed by atoms with E-state index in [1.54, 1.807) is 41.2 Å². The number of ether oxygens (including phenoxy) is 2. The molecular formula is C25H24ClN5O6. The highest BCUT2D eigenvalue weighted by atomic mass is 35.5. The van der Waals surface area contributed by atoms with E-state index < -0.39 is 35.8 Å². The molecule has 37 heavy (non-hydrogen) atoms. The summed E-state index contributed by atoms with van der Waals surface area (Å²) in [5.74, 6) is -0.508. The third-order valence-corrected chi connectivity index (χ3v) is 6.72. The zero-order chi connectivity index (χ0) is 26.2. The van der Waals surface area contributed by atoms with Crippen LogP contribution in [0.3, 0.4) is 0 Å². The summed E-state index contributed by atoms with van der Waals surface area (Å²) in [7, 11) is 0. The Labute approximate surface area is 216 Å². The van der Waals surface area contributed by atoms with E-state index in [1.165, 1.54) is 0 Å². The number of carbonyl (C=O) groups is 2. The number of hydrogen-bond donors (Lipinski definition) is 3. The molecule has 0 amide bonds. The van der Waals surface area contributed by atoms with E-state index in [2.05, 4.69) is 26.2 Å². The molecule has 1 saturated carbocycles. The van der Waals surface area contributed by atoms with Crippen molar-refractivity contribution in [2.24, 2.45) is 5.92 Å². The maximum absolute atomic E-state index is 12.1. The number of aromatic nitrogens is 4. The number of imidazole rings is 1. The fourth-order valence-electron chi connectivity index (χ4n) is 4.38. The SMILES string of the molecule is C#CC1CC(n2cnc3c(NC4CC4)nc(Cl)nc32)OC1COC(Cc1ccccc1)(C(=O)O)C(=O)O. The summed E-state index contributed by atoms with van der Waals surface area (Å²) in [6.07, 6.45) is 8.01. The molecule has 1 saturated heterocycles. The summed E-state index contributed by atoms with van der Waals surface area (Å²) in [6.45, 7) is -0.340. The van der Waals surface area contributed by atoms with Gasteiger partial charge in [0.25, 0.3) is 5.60 Å². The zero-order valence-corrected chi connectivity index (χ0v) is 20.3. The predicted octanol–water partition coefficient (Wildman–Crippen LogP) is 2.76. The quantitative estimate of drug-likeness (QED) is 0.205. The Morgan fingerprint density at radius 3 is 2.62 bits per heavy atom. The predicted molar refractivity (Wildman–Crippen MR) is 132 cm³/mol. The largest absolute Gasteiger partial charge is 0.479 e. The average Bonchev–Trinajstić information content (AvgIpc) is 3.43. The van der Waals surface area contributed by atoms with Crippen molar-refractivity contribution in [3.63, 3.8) is 0 Å². The molecule has 1 aliphatic carbocycles. The molecule has 11 nitrogen and oxygen atoms in total. The Kier molecular flexibility index (Phi) is 6.72. The third kappa shape index (κ3) is 4.96. The van der Waals surface area contributed by atoms with Crippen molar-refractivity contribution in [3.05, 3.63) is 47.5 Å². The fourth-order valence-corrected chi connectivity index (χ4v) is 4.54. The molecule has 3 N–H and O–H groups in total. The topological polar surface area (TPSA) is 149 Å². The summed E-state index contributed by atoms with van der Waals surface area (Å²) in [5, 5.41) is 23.1. The number of fused-ring (bicyclic) bond motifs is 1. The summed E-state index contributed by atoms with van der Waals surface area (Å²) in [4.78, 5) is 37.3. The van der Waals surface area contributed by atoms with Crippen molar-refractivity contribution >= 4 is 40.5 Å². The van der Waals surface area contributed by atoms with Crippen molar-refractivity contribution in [1.29, 1.82) is 0 Å². The first kappa shape index (κ1) is 25.0. The number of rotatable bonds is 10. The second-order valence-electron chi connectivity index (χ2n) is 9.13. The number of nitrogens with one attached hydrogen (secondary N) is 1.